The third kappa shape index (κ3) is 6.56. The molecular formula is C32H41N7O4S. The maximum Gasteiger partial charge on any atom is 0.247 e. The van der Waals surface area contributed by atoms with Gasteiger partial charge in [0.1, 0.15) is 10.6 Å². The van der Waals surface area contributed by atoms with Crippen molar-refractivity contribution in [2.75, 3.05) is 56.9 Å². The third-order valence-corrected chi connectivity index (χ3v) is 9.79. The second kappa shape index (κ2) is 12.7. The maximum absolute atomic E-state index is 13.8. The Morgan fingerprint density at radius 1 is 1.11 bits per heavy atom. The zero-order chi connectivity index (χ0) is 32.4. The van der Waals surface area contributed by atoms with Crippen molar-refractivity contribution in [3.05, 3.63) is 61.4 Å². The van der Waals surface area contributed by atoms with Gasteiger partial charge in [0.15, 0.2) is 9.84 Å². The van der Waals surface area contributed by atoms with Gasteiger partial charge >= 0.3 is 0 Å². The highest BCUT2D eigenvalue weighted by molar-refractivity contribution is 7.92. The van der Waals surface area contributed by atoms with Gasteiger partial charge in [0, 0.05) is 55.9 Å². The van der Waals surface area contributed by atoms with Gasteiger partial charge in [-0.15, -0.1) is 0 Å². The quantitative estimate of drug-likeness (QED) is 0.221. The molecule has 4 aromatic rings. The van der Waals surface area contributed by atoms with E-state index in [1.165, 1.54) is 12.3 Å². The van der Waals surface area contributed by atoms with Gasteiger partial charge in [0.05, 0.1) is 40.8 Å². The largest absolute Gasteiger partial charge is 0.494 e. The van der Waals surface area contributed by atoms with Gasteiger partial charge in [-0.1, -0.05) is 24.8 Å². The molecule has 2 N–H and O–H groups in total. The highest BCUT2D eigenvalue weighted by Gasteiger charge is 2.35. The Morgan fingerprint density at radius 2 is 1.82 bits per heavy atom. The average molecular weight is 620 g/mol. The number of sulfone groups is 1. The van der Waals surface area contributed by atoms with Crippen LogP contribution in [0.3, 0.4) is 0 Å². The Balaban J connectivity index is 1.88. The molecule has 0 fully saturated rings. The monoisotopic (exact) mass is 619 g/mol. The first kappa shape index (κ1) is 32.5. The Labute approximate surface area is 259 Å². The summed E-state index contributed by atoms with van der Waals surface area (Å²) in [6.45, 7) is 10.0. The molecule has 2 heterocycles. The van der Waals surface area contributed by atoms with E-state index in [2.05, 4.69) is 27.1 Å². The molecule has 0 radical (unpaired) electrons. The molecule has 0 unspecified atom stereocenters. The number of hydrogen-bond donors (Lipinski definition) is 2. The third-order valence-electron chi connectivity index (χ3n) is 7.30. The van der Waals surface area contributed by atoms with Crippen LogP contribution in [0.15, 0.2) is 66.3 Å². The fourth-order valence-electron chi connectivity index (χ4n) is 4.71. The number of aryl methyl sites for hydroxylation is 1. The van der Waals surface area contributed by atoms with E-state index in [1.54, 1.807) is 33.9 Å². The van der Waals surface area contributed by atoms with E-state index in [1.807, 2.05) is 74.2 Å². The van der Waals surface area contributed by atoms with Gasteiger partial charge in [0.2, 0.25) is 11.9 Å². The first-order valence-corrected chi connectivity index (χ1v) is 15.6. The van der Waals surface area contributed by atoms with Crippen LogP contribution >= 0.6 is 0 Å². The molecule has 0 spiro atoms. The molecule has 234 valence electrons. The van der Waals surface area contributed by atoms with Gasteiger partial charge in [-0.05, 0) is 53.1 Å². The average Bonchev–Trinajstić information content (AvgIpc) is 3.31. The SMILES string of the molecule is C=CC(=O)Nc1cc(Nc2ncc(S(=O)(=O)C(C)(C)C)c(-c3cn(C)c4ccccc34)n2)c(OC)cc1N(C)CCN(C)C. The molecule has 0 aliphatic rings. The van der Waals surface area contributed by atoms with Crippen molar-refractivity contribution in [2.45, 2.75) is 30.4 Å². The molecule has 2 aromatic carbocycles. The fraction of sp³-hybridized carbons (Fsp3) is 0.344. The van der Waals surface area contributed by atoms with E-state index in [-0.39, 0.29) is 22.4 Å². The summed E-state index contributed by atoms with van der Waals surface area (Å²) in [6.07, 6.45) is 4.43. The molecule has 2 aromatic heterocycles. The van der Waals surface area contributed by atoms with Crippen molar-refractivity contribution in [1.29, 1.82) is 0 Å². The van der Waals surface area contributed by atoms with Crippen LogP contribution in [0.5, 0.6) is 5.75 Å². The summed E-state index contributed by atoms with van der Waals surface area (Å²) < 4.78 is 34.1. The van der Waals surface area contributed by atoms with Crippen LogP contribution in [0.25, 0.3) is 22.2 Å². The normalized spacial score (nSPS) is 11.9. The molecule has 0 aliphatic carbocycles. The number of para-hydroxylation sites is 1. The van der Waals surface area contributed by atoms with Crippen molar-refractivity contribution in [3.63, 3.8) is 0 Å². The minimum absolute atomic E-state index is 0.0377. The first-order chi connectivity index (χ1) is 20.7. The number of hydrogen-bond acceptors (Lipinski definition) is 9. The maximum atomic E-state index is 13.8. The Bertz CT molecular complexity index is 1810. The lowest BCUT2D eigenvalue weighted by Gasteiger charge is -2.26. The van der Waals surface area contributed by atoms with Crippen LogP contribution in [0, 0.1) is 0 Å². The van der Waals surface area contributed by atoms with Crippen LogP contribution in [0.2, 0.25) is 0 Å². The smallest absolute Gasteiger partial charge is 0.247 e. The molecule has 11 nitrogen and oxygen atoms in total. The molecule has 0 saturated carbocycles. The van der Waals surface area contributed by atoms with Crippen molar-refractivity contribution < 1.29 is 17.9 Å². The summed E-state index contributed by atoms with van der Waals surface area (Å²) in [5, 5.41) is 6.95. The number of carbonyl (C=O) groups is 1. The minimum Gasteiger partial charge on any atom is -0.494 e. The van der Waals surface area contributed by atoms with Crippen LogP contribution in [0.4, 0.5) is 23.0 Å². The molecule has 0 bridgehead atoms. The number of methoxy groups -OCH3 is 1. The van der Waals surface area contributed by atoms with Gasteiger partial charge in [-0.3, -0.25) is 4.79 Å². The number of carbonyl (C=O) groups excluding carboxylic acids is 1. The lowest BCUT2D eigenvalue weighted by atomic mass is 10.1. The van der Waals surface area contributed by atoms with Crippen LogP contribution in [-0.4, -0.2) is 79.8 Å². The summed E-state index contributed by atoms with van der Waals surface area (Å²) in [5.74, 6) is 0.276. The van der Waals surface area contributed by atoms with E-state index < -0.39 is 14.6 Å². The first-order valence-electron chi connectivity index (χ1n) is 14.1. The Morgan fingerprint density at radius 3 is 2.45 bits per heavy atom. The molecule has 0 aliphatic heterocycles. The van der Waals surface area contributed by atoms with E-state index in [0.29, 0.717) is 29.2 Å². The summed E-state index contributed by atoms with van der Waals surface area (Å²) in [7, 11) is 5.56. The number of ether oxygens (including phenoxy) is 1. The van der Waals surface area contributed by atoms with E-state index in [0.717, 1.165) is 23.1 Å². The molecule has 1 amide bonds. The predicted octanol–water partition coefficient (Wildman–Crippen LogP) is 5.08. The fourth-order valence-corrected chi connectivity index (χ4v) is 5.97. The summed E-state index contributed by atoms with van der Waals surface area (Å²) in [6, 6.07) is 11.3. The highest BCUT2D eigenvalue weighted by Crippen LogP contribution is 2.40. The molecule has 4 rings (SSSR count). The topological polar surface area (TPSA) is 122 Å². The number of nitrogens with one attached hydrogen (secondary N) is 2. The number of fused-ring (bicyclic) bond motifs is 1. The van der Waals surface area contributed by atoms with Crippen molar-refractivity contribution >= 4 is 49.7 Å². The highest BCUT2D eigenvalue weighted by atomic mass is 32.2. The van der Waals surface area contributed by atoms with Crippen LogP contribution < -0.4 is 20.3 Å². The molecule has 44 heavy (non-hydrogen) atoms. The number of benzene rings is 2. The van der Waals surface area contributed by atoms with Gasteiger partial charge in [-0.2, -0.15) is 0 Å². The summed E-state index contributed by atoms with van der Waals surface area (Å²) in [4.78, 5) is 25.7. The van der Waals surface area contributed by atoms with E-state index >= 15 is 0 Å². The molecule has 0 atom stereocenters. The molecular weight excluding hydrogens is 578 g/mol. The summed E-state index contributed by atoms with van der Waals surface area (Å²) >= 11 is 0. The zero-order valence-corrected chi connectivity index (χ0v) is 27.4. The standard InChI is InChI=1S/C32H41N7O4S/c1-10-29(40)34-23-17-24(27(43-9)18-26(23)38(7)16-15-37(5)6)35-31-33-19-28(44(41,42)32(2,3)4)30(36-31)22-20-39(8)25-14-12-11-13-21(22)25/h10-14,17-20H,1,15-16H2,2-9H3,(H,34,40)(H,33,35,36). The Hall–Kier alpha value is -4.42. The van der Waals surface area contributed by atoms with Crippen molar-refractivity contribution in [2.24, 2.45) is 7.05 Å². The number of anilines is 4. The lowest BCUT2D eigenvalue weighted by molar-refractivity contribution is -0.111. The number of nitrogens with zero attached hydrogens (tertiary/aromatic N) is 5. The van der Waals surface area contributed by atoms with E-state index in [4.69, 9.17) is 9.72 Å². The van der Waals surface area contributed by atoms with Crippen molar-refractivity contribution in [3.8, 4) is 17.0 Å². The summed E-state index contributed by atoms with van der Waals surface area (Å²) in [5.41, 5.74) is 3.64. The number of amides is 1. The zero-order valence-electron chi connectivity index (χ0n) is 26.6. The molecule has 12 heteroatoms. The van der Waals surface area contributed by atoms with Gasteiger partial charge in [0.25, 0.3) is 0 Å². The second-order valence-corrected chi connectivity index (χ2v) is 14.5. The Kier molecular flexibility index (Phi) is 9.36. The molecule has 0 saturated heterocycles. The van der Waals surface area contributed by atoms with Crippen molar-refractivity contribution in [1.82, 2.24) is 19.4 Å². The number of aromatic nitrogens is 3. The van der Waals surface area contributed by atoms with Gasteiger partial charge < -0.3 is 29.7 Å². The predicted molar refractivity (Wildman–Crippen MR) is 178 cm³/mol. The number of rotatable bonds is 11. The van der Waals surface area contributed by atoms with Gasteiger partial charge in [-0.25, -0.2) is 18.4 Å². The van der Waals surface area contributed by atoms with Crippen LogP contribution in [-0.2, 0) is 21.7 Å². The second-order valence-electron chi connectivity index (χ2n) is 11.8. The lowest BCUT2D eigenvalue weighted by Crippen LogP contribution is -2.29. The van der Waals surface area contributed by atoms with Crippen LogP contribution in [0.1, 0.15) is 20.8 Å². The minimum atomic E-state index is -3.82. The van der Waals surface area contributed by atoms with E-state index in [9.17, 15) is 13.2 Å². The number of likely N-dealkylation sites (N-methyl/N-ethyl adjacent to an activating group) is 2.